The maximum atomic E-state index is 13.8. The number of piperidine rings is 1. The van der Waals surface area contributed by atoms with E-state index < -0.39 is 0 Å². The molecule has 1 aliphatic heterocycles. The fraction of sp³-hybridized carbons (Fsp3) is 0.208. The SMILES string of the molecule is O=C(Nc1ccc(-c2cnc[nH]2)cc1)C1CCCN(c2ccnc3ccc(F)cc23)C1. The molecule has 4 aromatic rings. The Labute approximate surface area is 179 Å². The molecule has 156 valence electrons. The highest BCUT2D eigenvalue weighted by Gasteiger charge is 2.27. The molecule has 1 atom stereocenters. The zero-order valence-corrected chi connectivity index (χ0v) is 16.9. The number of carbonyl (C=O) groups is 1. The van der Waals surface area contributed by atoms with Gasteiger partial charge in [0, 0.05) is 36.0 Å². The van der Waals surface area contributed by atoms with Gasteiger partial charge in [0.05, 0.1) is 29.7 Å². The van der Waals surface area contributed by atoms with Crippen LogP contribution in [0.15, 0.2) is 67.3 Å². The van der Waals surface area contributed by atoms with E-state index in [1.165, 1.54) is 12.1 Å². The van der Waals surface area contributed by atoms with E-state index in [-0.39, 0.29) is 17.6 Å². The number of nitrogens with zero attached hydrogens (tertiary/aromatic N) is 3. The van der Waals surface area contributed by atoms with Gasteiger partial charge in [0.25, 0.3) is 0 Å². The summed E-state index contributed by atoms with van der Waals surface area (Å²) in [6.45, 7) is 1.42. The Morgan fingerprint density at radius 2 is 2.03 bits per heavy atom. The average Bonchev–Trinajstić information content (AvgIpc) is 3.34. The van der Waals surface area contributed by atoms with Crippen molar-refractivity contribution in [3.63, 3.8) is 0 Å². The van der Waals surface area contributed by atoms with E-state index in [9.17, 15) is 9.18 Å². The molecule has 1 unspecified atom stereocenters. The number of aromatic nitrogens is 3. The number of imidazole rings is 1. The summed E-state index contributed by atoms with van der Waals surface area (Å²) in [6, 6.07) is 14.2. The molecule has 1 amide bonds. The first kappa shape index (κ1) is 19.2. The summed E-state index contributed by atoms with van der Waals surface area (Å²) in [5, 5.41) is 3.81. The Kier molecular flexibility index (Phi) is 5.08. The summed E-state index contributed by atoms with van der Waals surface area (Å²) in [5.41, 5.74) is 4.38. The van der Waals surface area contributed by atoms with Crippen molar-refractivity contribution in [2.75, 3.05) is 23.3 Å². The maximum Gasteiger partial charge on any atom is 0.229 e. The van der Waals surface area contributed by atoms with Gasteiger partial charge in [-0.3, -0.25) is 9.78 Å². The lowest BCUT2D eigenvalue weighted by atomic mass is 9.96. The van der Waals surface area contributed by atoms with Crippen molar-refractivity contribution in [2.24, 2.45) is 5.92 Å². The number of pyridine rings is 1. The number of H-pyrrole nitrogens is 1. The maximum absolute atomic E-state index is 13.8. The van der Waals surface area contributed by atoms with Gasteiger partial charge in [-0.1, -0.05) is 12.1 Å². The van der Waals surface area contributed by atoms with E-state index in [1.54, 1.807) is 24.8 Å². The summed E-state index contributed by atoms with van der Waals surface area (Å²) in [7, 11) is 0. The van der Waals surface area contributed by atoms with E-state index in [2.05, 4.69) is 25.2 Å². The van der Waals surface area contributed by atoms with Crippen LogP contribution in [0.4, 0.5) is 15.8 Å². The Bertz CT molecular complexity index is 1210. The highest BCUT2D eigenvalue weighted by molar-refractivity contribution is 5.95. The second-order valence-corrected chi connectivity index (χ2v) is 7.81. The Morgan fingerprint density at radius 3 is 2.84 bits per heavy atom. The first-order valence-electron chi connectivity index (χ1n) is 10.4. The van der Waals surface area contributed by atoms with Crippen LogP contribution in [0.25, 0.3) is 22.2 Å². The first-order chi connectivity index (χ1) is 15.2. The third-order valence-corrected chi connectivity index (χ3v) is 5.78. The number of amides is 1. The van der Waals surface area contributed by atoms with Crippen LogP contribution in [0, 0.1) is 11.7 Å². The molecule has 3 heterocycles. The topological polar surface area (TPSA) is 73.9 Å². The molecular formula is C24H22FN5O. The molecule has 5 rings (SSSR count). The predicted octanol–water partition coefficient (Wildman–Crippen LogP) is 4.62. The lowest BCUT2D eigenvalue weighted by molar-refractivity contribution is -0.120. The fourth-order valence-electron chi connectivity index (χ4n) is 4.18. The van der Waals surface area contributed by atoms with Gasteiger partial charge in [-0.15, -0.1) is 0 Å². The summed E-state index contributed by atoms with van der Waals surface area (Å²) in [5.74, 6) is -0.423. The molecule has 7 heteroatoms. The van der Waals surface area contributed by atoms with E-state index in [0.29, 0.717) is 6.54 Å². The first-order valence-corrected chi connectivity index (χ1v) is 10.4. The molecule has 2 aromatic carbocycles. The van der Waals surface area contributed by atoms with E-state index >= 15 is 0 Å². The molecule has 0 aliphatic carbocycles. The smallest absolute Gasteiger partial charge is 0.229 e. The van der Waals surface area contributed by atoms with Gasteiger partial charge in [0.1, 0.15) is 5.82 Å². The summed E-state index contributed by atoms with van der Waals surface area (Å²) < 4.78 is 13.8. The van der Waals surface area contributed by atoms with E-state index in [4.69, 9.17) is 0 Å². The van der Waals surface area contributed by atoms with Gasteiger partial charge < -0.3 is 15.2 Å². The molecule has 0 spiro atoms. The minimum Gasteiger partial charge on any atom is -0.370 e. The minimum absolute atomic E-state index is 0.00327. The van der Waals surface area contributed by atoms with E-state index in [0.717, 1.165) is 52.9 Å². The highest BCUT2D eigenvalue weighted by atomic mass is 19.1. The standard InChI is InChI=1S/C24H22FN5O/c25-18-5-8-21-20(12-18)23(9-10-27-21)30-11-1-2-17(14-30)24(31)29-19-6-3-16(4-7-19)22-13-26-15-28-22/h3-10,12-13,15,17H,1-2,11,14H2,(H,26,28)(H,29,31). The molecule has 6 nitrogen and oxygen atoms in total. The van der Waals surface area contributed by atoms with Gasteiger partial charge in [-0.2, -0.15) is 0 Å². The zero-order chi connectivity index (χ0) is 21.2. The fourth-order valence-corrected chi connectivity index (χ4v) is 4.18. The number of hydrogen-bond acceptors (Lipinski definition) is 4. The van der Waals surface area contributed by atoms with Crippen LogP contribution in [0.5, 0.6) is 0 Å². The number of hydrogen-bond donors (Lipinski definition) is 2. The second-order valence-electron chi connectivity index (χ2n) is 7.81. The van der Waals surface area contributed by atoms with Crippen LogP contribution in [-0.4, -0.2) is 33.9 Å². The molecule has 0 radical (unpaired) electrons. The van der Waals surface area contributed by atoms with Crippen molar-refractivity contribution >= 4 is 28.2 Å². The third-order valence-electron chi connectivity index (χ3n) is 5.78. The lowest BCUT2D eigenvalue weighted by Crippen LogP contribution is -2.40. The van der Waals surface area contributed by atoms with Crippen molar-refractivity contribution in [2.45, 2.75) is 12.8 Å². The van der Waals surface area contributed by atoms with Crippen molar-refractivity contribution in [3.8, 4) is 11.3 Å². The number of anilines is 2. The van der Waals surface area contributed by atoms with Crippen LogP contribution >= 0.6 is 0 Å². The molecular weight excluding hydrogens is 393 g/mol. The Hall–Kier alpha value is -3.74. The predicted molar refractivity (Wildman–Crippen MR) is 119 cm³/mol. The van der Waals surface area contributed by atoms with Crippen LogP contribution < -0.4 is 10.2 Å². The lowest BCUT2D eigenvalue weighted by Gasteiger charge is -2.34. The van der Waals surface area contributed by atoms with Crippen LogP contribution in [-0.2, 0) is 4.79 Å². The molecule has 1 saturated heterocycles. The van der Waals surface area contributed by atoms with Crippen molar-refractivity contribution in [3.05, 3.63) is 73.1 Å². The summed E-state index contributed by atoms with van der Waals surface area (Å²) in [6.07, 6.45) is 6.86. The molecule has 2 aromatic heterocycles. The van der Waals surface area contributed by atoms with Crippen LogP contribution in [0.1, 0.15) is 12.8 Å². The highest BCUT2D eigenvalue weighted by Crippen LogP contribution is 2.30. The van der Waals surface area contributed by atoms with E-state index in [1.807, 2.05) is 30.3 Å². The van der Waals surface area contributed by atoms with Gasteiger partial charge >= 0.3 is 0 Å². The monoisotopic (exact) mass is 415 g/mol. The van der Waals surface area contributed by atoms with Crippen molar-refractivity contribution in [1.29, 1.82) is 0 Å². The second kappa shape index (κ2) is 8.18. The molecule has 0 bridgehead atoms. The van der Waals surface area contributed by atoms with Crippen LogP contribution in [0.2, 0.25) is 0 Å². The van der Waals surface area contributed by atoms with Crippen molar-refractivity contribution < 1.29 is 9.18 Å². The van der Waals surface area contributed by atoms with Crippen molar-refractivity contribution in [1.82, 2.24) is 15.0 Å². The summed E-state index contributed by atoms with van der Waals surface area (Å²) >= 11 is 0. The zero-order valence-electron chi connectivity index (χ0n) is 16.9. The average molecular weight is 415 g/mol. The number of rotatable bonds is 4. The third kappa shape index (κ3) is 3.99. The quantitative estimate of drug-likeness (QED) is 0.510. The Morgan fingerprint density at radius 1 is 1.16 bits per heavy atom. The number of fused-ring (bicyclic) bond motifs is 1. The molecule has 31 heavy (non-hydrogen) atoms. The largest absolute Gasteiger partial charge is 0.370 e. The van der Waals surface area contributed by atoms with Gasteiger partial charge in [-0.05, 0) is 54.8 Å². The van der Waals surface area contributed by atoms with Crippen LogP contribution in [0.3, 0.4) is 0 Å². The number of benzene rings is 2. The summed E-state index contributed by atoms with van der Waals surface area (Å²) in [4.78, 5) is 26.6. The molecule has 1 aliphatic rings. The van der Waals surface area contributed by atoms with Gasteiger partial charge in [0.2, 0.25) is 5.91 Å². The van der Waals surface area contributed by atoms with Gasteiger partial charge in [-0.25, -0.2) is 9.37 Å². The molecule has 2 N–H and O–H groups in total. The van der Waals surface area contributed by atoms with Gasteiger partial charge in [0.15, 0.2) is 0 Å². The number of carbonyl (C=O) groups excluding carboxylic acids is 1. The number of halogens is 1. The molecule has 0 saturated carbocycles. The Balaban J connectivity index is 1.30. The number of aromatic amines is 1. The number of nitrogens with one attached hydrogen (secondary N) is 2. The minimum atomic E-state index is -0.286. The normalized spacial score (nSPS) is 16.4. The molecule has 1 fully saturated rings.